The van der Waals surface area contributed by atoms with Crippen molar-refractivity contribution in [3.63, 3.8) is 0 Å². The number of aromatic carboxylic acids is 1. The molecule has 1 aromatic rings. The van der Waals surface area contributed by atoms with Crippen molar-refractivity contribution in [1.82, 2.24) is 4.72 Å². The van der Waals surface area contributed by atoms with Gasteiger partial charge in [0, 0.05) is 23.8 Å². The molecule has 0 aliphatic rings. The first-order chi connectivity index (χ1) is 9.27. The van der Waals surface area contributed by atoms with Gasteiger partial charge in [-0.15, -0.1) is 0 Å². The number of hydrogen-bond acceptors (Lipinski definition) is 4. The first-order valence-electron chi connectivity index (χ1n) is 5.79. The van der Waals surface area contributed by atoms with E-state index in [1.54, 1.807) is 7.11 Å². The van der Waals surface area contributed by atoms with E-state index >= 15 is 0 Å². The van der Waals surface area contributed by atoms with Crippen molar-refractivity contribution in [3.05, 3.63) is 27.3 Å². The molecular formula is C12H16INO5S. The van der Waals surface area contributed by atoms with E-state index in [0.717, 1.165) is 6.07 Å². The molecule has 0 amide bonds. The Morgan fingerprint density at radius 1 is 1.50 bits per heavy atom. The zero-order valence-corrected chi connectivity index (χ0v) is 14.1. The largest absolute Gasteiger partial charge is 0.478 e. The van der Waals surface area contributed by atoms with Crippen molar-refractivity contribution in [2.75, 3.05) is 20.3 Å². The molecule has 20 heavy (non-hydrogen) atoms. The van der Waals surface area contributed by atoms with E-state index in [9.17, 15) is 13.2 Å². The second kappa shape index (κ2) is 7.34. The molecule has 0 radical (unpaired) electrons. The molecule has 0 heterocycles. The lowest BCUT2D eigenvalue weighted by Gasteiger charge is -2.12. The van der Waals surface area contributed by atoms with E-state index in [1.807, 2.05) is 29.5 Å². The number of carboxylic acid groups (broad SMARTS) is 1. The highest BCUT2D eigenvalue weighted by Gasteiger charge is 2.18. The Morgan fingerprint density at radius 3 is 2.70 bits per heavy atom. The van der Waals surface area contributed by atoms with Gasteiger partial charge in [0.15, 0.2) is 0 Å². The fraction of sp³-hybridized carbons (Fsp3) is 0.417. The lowest BCUT2D eigenvalue weighted by atomic mass is 10.2. The Balaban J connectivity index is 2.93. The number of ether oxygens (including phenoxy) is 1. The third-order valence-corrected chi connectivity index (χ3v) is 4.91. The Bertz CT molecular complexity index is 588. The Kier molecular flexibility index (Phi) is 6.37. The summed E-state index contributed by atoms with van der Waals surface area (Å²) in [5.41, 5.74) is -0.0292. The molecule has 1 rings (SSSR count). The second-order valence-corrected chi connectivity index (χ2v) is 7.29. The molecule has 0 saturated heterocycles. The van der Waals surface area contributed by atoms with Gasteiger partial charge in [-0.1, -0.05) is 6.92 Å². The smallest absolute Gasteiger partial charge is 0.336 e. The zero-order chi connectivity index (χ0) is 15.3. The monoisotopic (exact) mass is 413 g/mol. The van der Waals surface area contributed by atoms with Crippen LogP contribution in [0.4, 0.5) is 0 Å². The van der Waals surface area contributed by atoms with Crippen LogP contribution in [0.15, 0.2) is 23.1 Å². The standard InChI is InChI=1S/C12H16INO5S/c1-8(7-19-2)6-14-20(17,18)9-3-4-11(13)10(5-9)12(15)16/h3-5,8,14H,6-7H2,1-2H3,(H,15,16). The van der Waals surface area contributed by atoms with Crippen LogP contribution < -0.4 is 4.72 Å². The van der Waals surface area contributed by atoms with Gasteiger partial charge in [0.05, 0.1) is 10.5 Å². The number of benzene rings is 1. The van der Waals surface area contributed by atoms with E-state index in [4.69, 9.17) is 9.84 Å². The summed E-state index contributed by atoms with van der Waals surface area (Å²) < 4.78 is 32.0. The Morgan fingerprint density at radius 2 is 2.15 bits per heavy atom. The number of nitrogens with one attached hydrogen (secondary N) is 1. The minimum absolute atomic E-state index is 0.0255. The van der Waals surface area contributed by atoms with Crippen LogP contribution in [0.3, 0.4) is 0 Å². The summed E-state index contributed by atoms with van der Waals surface area (Å²) in [5, 5.41) is 9.01. The van der Waals surface area contributed by atoms with Crippen molar-refractivity contribution in [2.24, 2.45) is 5.92 Å². The van der Waals surface area contributed by atoms with E-state index in [1.165, 1.54) is 12.1 Å². The summed E-state index contributed by atoms with van der Waals surface area (Å²) in [6.45, 7) is 2.52. The van der Waals surface area contributed by atoms with Crippen LogP contribution in [0.5, 0.6) is 0 Å². The first kappa shape index (κ1) is 17.3. The van der Waals surface area contributed by atoms with Gasteiger partial charge in [-0.2, -0.15) is 0 Å². The summed E-state index contributed by atoms with van der Waals surface area (Å²) >= 11 is 1.85. The molecule has 0 bridgehead atoms. The molecule has 1 atom stereocenters. The molecule has 6 nitrogen and oxygen atoms in total. The molecule has 112 valence electrons. The molecule has 0 fully saturated rings. The molecule has 0 aliphatic carbocycles. The van der Waals surface area contributed by atoms with Gasteiger partial charge in [-0.25, -0.2) is 17.9 Å². The highest BCUT2D eigenvalue weighted by Crippen LogP contribution is 2.18. The lowest BCUT2D eigenvalue weighted by Crippen LogP contribution is -2.30. The van der Waals surface area contributed by atoms with Crippen LogP contribution in [0, 0.1) is 9.49 Å². The van der Waals surface area contributed by atoms with Crippen LogP contribution in [0.25, 0.3) is 0 Å². The summed E-state index contributed by atoms with van der Waals surface area (Å²) in [6, 6.07) is 4.02. The van der Waals surface area contributed by atoms with Gasteiger partial charge in [-0.05, 0) is 46.7 Å². The maximum absolute atomic E-state index is 12.1. The number of rotatable bonds is 7. The van der Waals surface area contributed by atoms with E-state index < -0.39 is 16.0 Å². The predicted octanol–water partition coefficient (Wildman–Crippen LogP) is 1.55. The average molecular weight is 413 g/mol. The average Bonchev–Trinajstić information content (AvgIpc) is 2.37. The van der Waals surface area contributed by atoms with Crippen LogP contribution >= 0.6 is 22.6 Å². The second-order valence-electron chi connectivity index (χ2n) is 4.36. The minimum Gasteiger partial charge on any atom is -0.478 e. The maximum Gasteiger partial charge on any atom is 0.336 e. The zero-order valence-electron chi connectivity index (χ0n) is 11.1. The van der Waals surface area contributed by atoms with Crippen molar-refractivity contribution in [2.45, 2.75) is 11.8 Å². The minimum atomic E-state index is -3.72. The molecule has 1 aromatic carbocycles. The van der Waals surface area contributed by atoms with Crippen molar-refractivity contribution in [3.8, 4) is 0 Å². The van der Waals surface area contributed by atoms with Gasteiger partial charge in [0.25, 0.3) is 0 Å². The number of halogens is 1. The molecule has 8 heteroatoms. The van der Waals surface area contributed by atoms with E-state index in [2.05, 4.69) is 4.72 Å². The summed E-state index contributed by atoms with van der Waals surface area (Å²) in [5.74, 6) is -1.13. The molecule has 0 aliphatic heterocycles. The van der Waals surface area contributed by atoms with E-state index in [0.29, 0.717) is 10.2 Å². The third kappa shape index (κ3) is 4.69. The fourth-order valence-corrected chi connectivity index (χ4v) is 3.27. The van der Waals surface area contributed by atoms with Crippen LogP contribution in [-0.4, -0.2) is 39.8 Å². The molecule has 0 aromatic heterocycles. The van der Waals surface area contributed by atoms with Gasteiger partial charge < -0.3 is 9.84 Å². The highest BCUT2D eigenvalue weighted by molar-refractivity contribution is 14.1. The van der Waals surface area contributed by atoms with Crippen LogP contribution in [0.2, 0.25) is 0 Å². The molecular weight excluding hydrogens is 397 g/mol. The molecule has 0 spiro atoms. The van der Waals surface area contributed by atoms with Crippen LogP contribution in [0.1, 0.15) is 17.3 Å². The normalized spacial score (nSPS) is 13.2. The molecule has 0 saturated carbocycles. The number of carbonyl (C=O) groups is 1. The van der Waals surface area contributed by atoms with Crippen LogP contribution in [-0.2, 0) is 14.8 Å². The topological polar surface area (TPSA) is 92.7 Å². The quantitative estimate of drug-likeness (QED) is 0.662. The highest BCUT2D eigenvalue weighted by atomic mass is 127. The van der Waals surface area contributed by atoms with Crippen molar-refractivity contribution in [1.29, 1.82) is 0 Å². The van der Waals surface area contributed by atoms with Gasteiger partial charge in [0.2, 0.25) is 10.0 Å². The van der Waals surface area contributed by atoms with Crippen molar-refractivity contribution < 1.29 is 23.1 Å². The number of carboxylic acids is 1. The van der Waals surface area contributed by atoms with Gasteiger partial charge in [-0.3, -0.25) is 0 Å². The number of sulfonamides is 1. The number of methoxy groups -OCH3 is 1. The SMILES string of the molecule is COCC(C)CNS(=O)(=O)c1ccc(I)c(C(=O)O)c1. The fourth-order valence-electron chi connectivity index (χ4n) is 1.51. The third-order valence-electron chi connectivity index (χ3n) is 2.55. The Labute approximate surface area is 131 Å². The van der Waals surface area contributed by atoms with Crippen molar-refractivity contribution >= 4 is 38.6 Å². The molecule has 2 N–H and O–H groups in total. The summed E-state index contributed by atoms with van der Waals surface area (Å²) in [4.78, 5) is 11.0. The van der Waals surface area contributed by atoms with Gasteiger partial charge in [0.1, 0.15) is 0 Å². The first-order valence-corrected chi connectivity index (χ1v) is 8.35. The van der Waals surface area contributed by atoms with Gasteiger partial charge >= 0.3 is 5.97 Å². The maximum atomic E-state index is 12.1. The Hall–Kier alpha value is -0.710. The molecule has 1 unspecified atom stereocenters. The predicted molar refractivity (Wildman–Crippen MR) is 82.3 cm³/mol. The van der Waals surface area contributed by atoms with E-state index in [-0.39, 0.29) is 22.9 Å². The lowest BCUT2D eigenvalue weighted by molar-refractivity contribution is 0.0695. The number of hydrogen-bond donors (Lipinski definition) is 2. The summed E-state index contributed by atoms with van der Waals surface area (Å²) in [6.07, 6.45) is 0. The summed E-state index contributed by atoms with van der Waals surface area (Å²) in [7, 11) is -2.17.